The lowest BCUT2D eigenvalue weighted by Crippen LogP contribution is -2.12. The first kappa shape index (κ1) is 9.92. The lowest BCUT2D eigenvalue weighted by Gasteiger charge is -2.06. The van der Waals surface area contributed by atoms with Crippen molar-refractivity contribution in [2.24, 2.45) is 11.7 Å². The van der Waals surface area contributed by atoms with Crippen molar-refractivity contribution in [3.05, 3.63) is 0 Å². The van der Waals surface area contributed by atoms with Crippen LogP contribution in [-0.2, 0) is 0 Å². The molecular formula is C8H20N2. The molecule has 0 radical (unpaired) electrons. The summed E-state index contributed by atoms with van der Waals surface area (Å²) < 4.78 is 0. The summed E-state index contributed by atoms with van der Waals surface area (Å²) in [6.07, 6.45) is 3.86. The normalized spacial score (nSPS) is 13.5. The van der Waals surface area contributed by atoms with Gasteiger partial charge in [0.1, 0.15) is 0 Å². The Morgan fingerprint density at radius 1 is 1.40 bits per heavy atom. The monoisotopic (exact) mass is 144 g/mol. The van der Waals surface area contributed by atoms with E-state index in [-0.39, 0.29) is 0 Å². The average molecular weight is 144 g/mol. The van der Waals surface area contributed by atoms with E-state index in [2.05, 4.69) is 12.2 Å². The Labute approximate surface area is 64.2 Å². The first-order valence-corrected chi connectivity index (χ1v) is 4.16. The molecule has 0 rings (SSSR count). The van der Waals surface area contributed by atoms with Gasteiger partial charge in [0.2, 0.25) is 0 Å². The van der Waals surface area contributed by atoms with Gasteiger partial charge >= 0.3 is 0 Å². The Bertz CT molecular complexity index is 64.3. The van der Waals surface area contributed by atoms with Crippen molar-refractivity contribution >= 4 is 0 Å². The van der Waals surface area contributed by atoms with Crippen LogP contribution in [0.15, 0.2) is 0 Å². The Kier molecular flexibility index (Phi) is 6.98. The minimum absolute atomic E-state index is 0.705. The third kappa shape index (κ3) is 6.05. The van der Waals surface area contributed by atoms with Gasteiger partial charge in [0.15, 0.2) is 0 Å². The summed E-state index contributed by atoms with van der Waals surface area (Å²) in [5, 5.41) is 3.13. The van der Waals surface area contributed by atoms with Gasteiger partial charge in [-0.05, 0) is 38.9 Å². The molecule has 62 valence electrons. The largest absolute Gasteiger partial charge is 0.330 e. The van der Waals surface area contributed by atoms with Gasteiger partial charge < -0.3 is 11.1 Å². The molecule has 2 nitrogen and oxygen atoms in total. The second-order valence-electron chi connectivity index (χ2n) is 2.94. The third-order valence-electron chi connectivity index (χ3n) is 1.78. The quantitative estimate of drug-likeness (QED) is 0.545. The number of hydrogen-bond donors (Lipinski definition) is 2. The van der Waals surface area contributed by atoms with Gasteiger partial charge in [0.25, 0.3) is 0 Å². The maximum atomic E-state index is 5.47. The second-order valence-corrected chi connectivity index (χ2v) is 2.94. The number of unbranched alkanes of at least 4 members (excludes halogenated alkanes) is 1. The van der Waals surface area contributed by atoms with E-state index in [1.807, 2.05) is 7.05 Å². The fraction of sp³-hybridized carbons (Fsp3) is 1.00. The van der Waals surface area contributed by atoms with Crippen LogP contribution in [0.2, 0.25) is 0 Å². The van der Waals surface area contributed by atoms with Crippen molar-refractivity contribution in [3.63, 3.8) is 0 Å². The Hall–Kier alpha value is -0.0800. The minimum atomic E-state index is 0.705. The predicted molar refractivity (Wildman–Crippen MR) is 46.0 cm³/mol. The van der Waals surface area contributed by atoms with Crippen LogP contribution in [0.4, 0.5) is 0 Å². The highest BCUT2D eigenvalue weighted by Crippen LogP contribution is 2.04. The van der Waals surface area contributed by atoms with Gasteiger partial charge in [-0.2, -0.15) is 0 Å². The highest BCUT2D eigenvalue weighted by Gasteiger charge is 1.96. The Morgan fingerprint density at radius 3 is 2.60 bits per heavy atom. The van der Waals surface area contributed by atoms with Crippen molar-refractivity contribution in [2.45, 2.75) is 26.2 Å². The summed E-state index contributed by atoms with van der Waals surface area (Å²) in [5.74, 6) is 0.705. The number of nitrogens with one attached hydrogen (secondary N) is 1. The van der Waals surface area contributed by atoms with Crippen LogP contribution >= 0.6 is 0 Å². The molecule has 10 heavy (non-hydrogen) atoms. The molecule has 1 atom stereocenters. The van der Waals surface area contributed by atoms with Gasteiger partial charge in [-0.1, -0.05) is 13.3 Å². The van der Waals surface area contributed by atoms with Crippen LogP contribution in [0.3, 0.4) is 0 Å². The molecule has 0 saturated carbocycles. The van der Waals surface area contributed by atoms with Crippen LogP contribution < -0.4 is 11.1 Å². The van der Waals surface area contributed by atoms with Gasteiger partial charge in [0.05, 0.1) is 0 Å². The number of rotatable bonds is 6. The molecule has 0 fully saturated rings. The summed E-state index contributed by atoms with van der Waals surface area (Å²) in [4.78, 5) is 0. The van der Waals surface area contributed by atoms with Gasteiger partial charge in [-0.15, -0.1) is 0 Å². The Morgan fingerprint density at radius 2 is 2.10 bits per heavy atom. The molecule has 0 aromatic heterocycles. The molecule has 0 saturated heterocycles. The molecule has 0 spiro atoms. The molecule has 0 heterocycles. The molecule has 1 unspecified atom stereocenters. The van der Waals surface area contributed by atoms with E-state index < -0.39 is 0 Å². The van der Waals surface area contributed by atoms with E-state index in [1.54, 1.807) is 0 Å². The number of hydrogen-bond acceptors (Lipinski definition) is 2. The molecule has 0 aliphatic carbocycles. The average Bonchev–Trinajstić information content (AvgIpc) is 1.98. The zero-order valence-electron chi connectivity index (χ0n) is 7.19. The highest BCUT2D eigenvalue weighted by molar-refractivity contribution is 4.53. The summed E-state index contributed by atoms with van der Waals surface area (Å²) in [6.45, 7) is 4.18. The van der Waals surface area contributed by atoms with Crippen molar-refractivity contribution in [1.29, 1.82) is 0 Å². The fourth-order valence-electron chi connectivity index (χ4n) is 0.912. The predicted octanol–water partition coefficient (Wildman–Crippen LogP) is 0.971. The maximum Gasteiger partial charge on any atom is -0.00515 e. The molecule has 0 amide bonds. The van der Waals surface area contributed by atoms with E-state index in [4.69, 9.17) is 5.73 Å². The first-order chi connectivity index (χ1) is 4.81. The third-order valence-corrected chi connectivity index (χ3v) is 1.78. The second kappa shape index (κ2) is 7.03. The minimum Gasteiger partial charge on any atom is -0.330 e. The van der Waals surface area contributed by atoms with Crippen molar-refractivity contribution in [2.75, 3.05) is 20.1 Å². The van der Waals surface area contributed by atoms with Gasteiger partial charge in [-0.3, -0.25) is 0 Å². The van der Waals surface area contributed by atoms with Crippen LogP contribution in [0.1, 0.15) is 26.2 Å². The fourth-order valence-corrected chi connectivity index (χ4v) is 0.912. The van der Waals surface area contributed by atoms with E-state index in [9.17, 15) is 0 Å². The van der Waals surface area contributed by atoms with E-state index in [1.165, 1.54) is 19.3 Å². The molecule has 0 aliphatic heterocycles. The summed E-state index contributed by atoms with van der Waals surface area (Å²) >= 11 is 0. The summed E-state index contributed by atoms with van der Waals surface area (Å²) in [5.41, 5.74) is 5.47. The molecule has 0 aromatic carbocycles. The molecule has 3 N–H and O–H groups in total. The standard InChI is InChI=1S/C8H20N2/c1-8(7-9)5-3-4-6-10-2/h8,10H,3-7,9H2,1-2H3. The summed E-state index contributed by atoms with van der Waals surface area (Å²) in [6, 6.07) is 0. The van der Waals surface area contributed by atoms with Crippen molar-refractivity contribution < 1.29 is 0 Å². The van der Waals surface area contributed by atoms with E-state index in [0.717, 1.165) is 13.1 Å². The lowest BCUT2D eigenvalue weighted by atomic mass is 10.0. The zero-order chi connectivity index (χ0) is 7.82. The Balaban J connectivity index is 2.89. The molecule has 0 bridgehead atoms. The van der Waals surface area contributed by atoms with Crippen LogP contribution in [0.5, 0.6) is 0 Å². The molecule has 0 aromatic rings. The topological polar surface area (TPSA) is 38.0 Å². The van der Waals surface area contributed by atoms with Crippen LogP contribution in [0, 0.1) is 5.92 Å². The SMILES string of the molecule is CNCCCCC(C)CN. The summed E-state index contributed by atoms with van der Waals surface area (Å²) in [7, 11) is 1.99. The highest BCUT2D eigenvalue weighted by atomic mass is 14.8. The van der Waals surface area contributed by atoms with Crippen molar-refractivity contribution in [1.82, 2.24) is 5.32 Å². The van der Waals surface area contributed by atoms with Crippen LogP contribution in [-0.4, -0.2) is 20.1 Å². The molecular weight excluding hydrogens is 124 g/mol. The zero-order valence-corrected chi connectivity index (χ0v) is 7.19. The van der Waals surface area contributed by atoms with Gasteiger partial charge in [0, 0.05) is 0 Å². The van der Waals surface area contributed by atoms with Gasteiger partial charge in [-0.25, -0.2) is 0 Å². The lowest BCUT2D eigenvalue weighted by molar-refractivity contribution is 0.502. The first-order valence-electron chi connectivity index (χ1n) is 4.16. The smallest absolute Gasteiger partial charge is 0.00515 e. The van der Waals surface area contributed by atoms with Crippen molar-refractivity contribution in [3.8, 4) is 0 Å². The van der Waals surface area contributed by atoms with E-state index in [0.29, 0.717) is 5.92 Å². The van der Waals surface area contributed by atoms with E-state index >= 15 is 0 Å². The molecule has 0 aliphatic rings. The van der Waals surface area contributed by atoms with Crippen LogP contribution in [0.25, 0.3) is 0 Å². The maximum absolute atomic E-state index is 5.47. The number of nitrogens with two attached hydrogens (primary N) is 1. The molecule has 2 heteroatoms.